The number of nitrogens with one attached hydrogen (secondary N) is 1. The lowest BCUT2D eigenvalue weighted by Gasteiger charge is -2.31. The Labute approximate surface area is 128 Å². The Hall–Kier alpha value is -1.35. The van der Waals surface area contributed by atoms with Gasteiger partial charge in [-0.25, -0.2) is 0 Å². The second-order valence-electron chi connectivity index (χ2n) is 6.38. The highest BCUT2D eigenvalue weighted by Crippen LogP contribution is 2.19. The lowest BCUT2D eigenvalue weighted by Crippen LogP contribution is -2.42. The number of amides is 1. The van der Waals surface area contributed by atoms with Crippen molar-refractivity contribution in [1.82, 2.24) is 10.2 Å². The van der Waals surface area contributed by atoms with Crippen LogP contribution in [0.2, 0.25) is 0 Å². The summed E-state index contributed by atoms with van der Waals surface area (Å²) in [6, 6.07) is 9.15. The van der Waals surface area contributed by atoms with Gasteiger partial charge in [0.15, 0.2) is 0 Å². The number of rotatable bonds is 5. The molecule has 1 aromatic rings. The molecule has 0 aromatic heterocycles. The Morgan fingerprint density at radius 3 is 2.29 bits per heavy atom. The zero-order valence-corrected chi connectivity index (χ0v) is 13.6. The molecule has 1 aliphatic rings. The van der Waals surface area contributed by atoms with Gasteiger partial charge in [-0.2, -0.15) is 0 Å². The summed E-state index contributed by atoms with van der Waals surface area (Å²) in [5.74, 6) is 0.433. The SMILES string of the molecule is CCc1ccc(CN2CCC(C(=O)NC(C)C)CC2)cc1. The minimum absolute atomic E-state index is 0.200. The monoisotopic (exact) mass is 288 g/mol. The summed E-state index contributed by atoms with van der Waals surface area (Å²) in [6.07, 6.45) is 3.05. The van der Waals surface area contributed by atoms with Crippen LogP contribution in [0.15, 0.2) is 24.3 Å². The largest absolute Gasteiger partial charge is 0.354 e. The van der Waals surface area contributed by atoms with Crippen LogP contribution < -0.4 is 5.32 Å². The van der Waals surface area contributed by atoms with Crippen molar-refractivity contribution in [1.29, 1.82) is 0 Å². The molecule has 1 aliphatic heterocycles. The molecule has 3 heteroatoms. The number of piperidine rings is 1. The van der Waals surface area contributed by atoms with Gasteiger partial charge < -0.3 is 5.32 Å². The van der Waals surface area contributed by atoms with Gasteiger partial charge in [-0.15, -0.1) is 0 Å². The van der Waals surface area contributed by atoms with E-state index in [9.17, 15) is 4.79 Å². The maximum Gasteiger partial charge on any atom is 0.223 e. The van der Waals surface area contributed by atoms with Gasteiger partial charge in [0.2, 0.25) is 5.91 Å². The highest BCUT2D eigenvalue weighted by molar-refractivity contribution is 5.78. The summed E-state index contributed by atoms with van der Waals surface area (Å²) in [5.41, 5.74) is 2.76. The molecule has 1 N–H and O–H groups in total. The first kappa shape index (κ1) is 16.0. The zero-order valence-electron chi connectivity index (χ0n) is 13.6. The average Bonchev–Trinajstić information content (AvgIpc) is 2.48. The molecule has 0 radical (unpaired) electrons. The molecule has 0 aliphatic carbocycles. The van der Waals surface area contributed by atoms with Gasteiger partial charge in [-0.1, -0.05) is 31.2 Å². The van der Waals surface area contributed by atoms with Crippen molar-refractivity contribution in [2.75, 3.05) is 13.1 Å². The van der Waals surface area contributed by atoms with Crippen LogP contribution in [0.4, 0.5) is 0 Å². The molecule has 1 amide bonds. The van der Waals surface area contributed by atoms with Crippen LogP contribution >= 0.6 is 0 Å². The van der Waals surface area contributed by atoms with Gasteiger partial charge in [-0.3, -0.25) is 9.69 Å². The summed E-state index contributed by atoms with van der Waals surface area (Å²) < 4.78 is 0. The van der Waals surface area contributed by atoms with Crippen LogP contribution in [0.1, 0.15) is 44.7 Å². The minimum atomic E-state index is 0.200. The highest BCUT2D eigenvalue weighted by atomic mass is 16.1. The number of benzene rings is 1. The third kappa shape index (κ3) is 4.85. The Bertz CT molecular complexity index is 445. The molecule has 3 nitrogen and oxygen atoms in total. The number of carbonyl (C=O) groups is 1. The van der Waals surface area contributed by atoms with E-state index < -0.39 is 0 Å². The molecule has 0 atom stereocenters. The van der Waals surface area contributed by atoms with Crippen molar-refractivity contribution in [2.24, 2.45) is 5.92 Å². The Morgan fingerprint density at radius 2 is 1.76 bits per heavy atom. The topological polar surface area (TPSA) is 32.3 Å². The molecule has 0 spiro atoms. The number of carbonyl (C=O) groups excluding carboxylic acids is 1. The molecule has 1 aromatic carbocycles. The molecule has 1 saturated heterocycles. The number of aryl methyl sites for hydroxylation is 1. The van der Waals surface area contributed by atoms with Gasteiger partial charge in [0, 0.05) is 18.5 Å². The molecule has 116 valence electrons. The summed E-state index contributed by atoms with van der Waals surface area (Å²) in [4.78, 5) is 14.5. The number of hydrogen-bond donors (Lipinski definition) is 1. The van der Waals surface area contributed by atoms with E-state index in [0.29, 0.717) is 0 Å². The molecular weight excluding hydrogens is 260 g/mol. The average molecular weight is 288 g/mol. The fourth-order valence-corrected chi connectivity index (χ4v) is 2.89. The molecule has 2 rings (SSSR count). The number of nitrogens with zero attached hydrogens (tertiary/aromatic N) is 1. The second-order valence-corrected chi connectivity index (χ2v) is 6.38. The Kier molecular flexibility index (Phi) is 5.80. The predicted octanol–water partition coefficient (Wildman–Crippen LogP) is 2.99. The lowest BCUT2D eigenvalue weighted by molar-refractivity contribution is -0.127. The molecule has 0 unspecified atom stereocenters. The van der Waals surface area contributed by atoms with Gasteiger partial charge >= 0.3 is 0 Å². The summed E-state index contributed by atoms with van der Waals surface area (Å²) in [7, 11) is 0. The van der Waals surface area contributed by atoms with Gasteiger partial charge in [0.05, 0.1) is 0 Å². The maximum absolute atomic E-state index is 12.0. The van der Waals surface area contributed by atoms with E-state index in [2.05, 4.69) is 41.4 Å². The van der Waals surface area contributed by atoms with E-state index in [1.165, 1.54) is 11.1 Å². The maximum atomic E-state index is 12.0. The zero-order chi connectivity index (χ0) is 15.2. The first-order chi connectivity index (χ1) is 10.1. The predicted molar refractivity (Wildman–Crippen MR) is 87.1 cm³/mol. The lowest BCUT2D eigenvalue weighted by atomic mass is 9.95. The molecule has 1 fully saturated rings. The van der Waals surface area contributed by atoms with E-state index in [1.54, 1.807) is 0 Å². The standard InChI is InChI=1S/C18H28N2O/c1-4-15-5-7-16(8-6-15)13-20-11-9-17(10-12-20)18(21)19-14(2)3/h5-8,14,17H,4,9-13H2,1-3H3,(H,19,21). The van der Waals surface area contributed by atoms with Gasteiger partial charge in [-0.05, 0) is 57.3 Å². The van der Waals surface area contributed by atoms with Gasteiger partial charge in [0.25, 0.3) is 0 Å². The first-order valence-corrected chi connectivity index (χ1v) is 8.19. The van der Waals surface area contributed by atoms with Crippen molar-refractivity contribution in [3.8, 4) is 0 Å². The summed E-state index contributed by atoms with van der Waals surface area (Å²) in [5, 5.41) is 3.03. The van der Waals surface area contributed by atoms with Crippen molar-refractivity contribution < 1.29 is 4.79 Å². The summed E-state index contributed by atoms with van der Waals surface area (Å²) in [6.45, 7) is 9.27. The van der Waals surface area contributed by atoms with Crippen molar-refractivity contribution in [3.63, 3.8) is 0 Å². The second kappa shape index (κ2) is 7.60. The Balaban J connectivity index is 1.79. The number of likely N-dealkylation sites (tertiary alicyclic amines) is 1. The molecule has 21 heavy (non-hydrogen) atoms. The van der Waals surface area contributed by atoms with Crippen molar-refractivity contribution in [2.45, 2.75) is 52.6 Å². The van der Waals surface area contributed by atoms with Crippen LogP contribution in [-0.2, 0) is 17.8 Å². The normalized spacial score (nSPS) is 17.1. The molecule has 0 saturated carbocycles. The van der Waals surface area contributed by atoms with E-state index in [1.807, 2.05) is 13.8 Å². The highest BCUT2D eigenvalue weighted by Gasteiger charge is 2.25. The number of hydrogen-bond acceptors (Lipinski definition) is 2. The van der Waals surface area contributed by atoms with Crippen LogP contribution in [0.25, 0.3) is 0 Å². The van der Waals surface area contributed by atoms with Gasteiger partial charge in [0.1, 0.15) is 0 Å². The molecule has 0 bridgehead atoms. The van der Waals surface area contributed by atoms with E-state index in [4.69, 9.17) is 0 Å². The van der Waals surface area contributed by atoms with E-state index in [-0.39, 0.29) is 17.9 Å². The third-order valence-electron chi connectivity index (χ3n) is 4.23. The van der Waals surface area contributed by atoms with Crippen LogP contribution in [0, 0.1) is 5.92 Å². The van der Waals surface area contributed by atoms with E-state index in [0.717, 1.165) is 38.9 Å². The smallest absolute Gasteiger partial charge is 0.223 e. The van der Waals surface area contributed by atoms with Crippen molar-refractivity contribution in [3.05, 3.63) is 35.4 Å². The molecular formula is C18H28N2O. The third-order valence-corrected chi connectivity index (χ3v) is 4.23. The van der Waals surface area contributed by atoms with Crippen LogP contribution in [-0.4, -0.2) is 29.9 Å². The van der Waals surface area contributed by atoms with Crippen molar-refractivity contribution >= 4 is 5.91 Å². The Morgan fingerprint density at radius 1 is 1.19 bits per heavy atom. The van der Waals surface area contributed by atoms with Crippen LogP contribution in [0.3, 0.4) is 0 Å². The quantitative estimate of drug-likeness (QED) is 0.903. The summed E-state index contributed by atoms with van der Waals surface area (Å²) >= 11 is 0. The fraction of sp³-hybridized carbons (Fsp3) is 0.611. The minimum Gasteiger partial charge on any atom is -0.354 e. The molecule has 1 heterocycles. The first-order valence-electron chi connectivity index (χ1n) is 8.19. The van der Waals surface area contributed by atoms with Crippen LogP contribution in [0.5, 0.6) is 0 Å². The van der Waals surface area contributed by atoms with E-state index >= 15 is 0 Å². The fourth-order valence-electron chi connectivity index (χ4n) is 2.89.